The largest absolute Gasteiger partial charge is 0.456 e. The summed E-state index contributed by atoms with van der Waals surface area (Å²) in [5.74, 6) is 0.576. The molecule has 0 spiro atoms. The second kappa shape index (κ2) is 14.3. The lowest BCUT2D eigenvalue weighted by Crippen LogP contribution is -2.28. The Bertz CT molecular complexity index is 3650. The number of rotatable bonds is 7. The fraction of sp³-hybridized carbons (Fsp3) is 0.0167. The first kappa shape index (κ1) is 36.2. The van der Waals surface area contributed by atoms with Gasteiger partial charge in [0.05, 0.1) is 5.41 Å². The molecule has 10 aromatic carbocycles. The summed E-state index contributed by atoms with van der Waals surface area (Å²) in [6, 6.07) is 82.5. The predicted molar refractivity (Wildman–Crippen MR) is 262 cm³/mol. The molecular formula is C60H38N2O2. The monoisotopic (exact) mass is 818 g/mol. The van der Waals surface area contributed by atoms with E-state index in [0.29, 0.717) is 5.89 Å². The number of aromatic nitrogens is 1. The van der Waals surface area contributed by atoms with Crippen molar-refractivity contribution in [3.8, 4) is 33.7 Å². The van der Waals surface area contributed by atoms with Gasteiger partial charge in [0, 0.05) is 33.4 Å². The van der Waals surface area contributed by atoms with Gasteiger partial charge >= 0.3 is 0 Å². The molecule has 0 fully saturated rings. The number of fused-ring (bicyclic) bond motifs is 9. The predicted octanol–water partition coefficient (Wildman–Crippen LogP) is 16.0. The molecule has 13 rings (SSSR count). The van der Waals surface area contributed by atoms with Gasteiger partial charge in [-0.25, -0.2) is 4.98 Å². The van der Waals surface area contributed by atoms with E-state index in [0.717, 1.165) is 66.4 Å². The minimum Gasteiger partial charge on any atom is -0.456 e. The van der Waals surface area contributed by atoms with Crippen LogP contribution in [-0.4, -0.2) is 4.98 Å². The summed E-state index contributed by atoms with van der Waals surface area (Å²) >= 11 is 0. The molecule has 0 bridgehead atoms. The molecule has 12 aromatic rings. The van der Waals surface area contributed by atoms with Crippen molar-refractivity contribution in [2.75, 3.05) is 4.90 Å². The van der Waals surface area contributed by atoms with E-state index in [2.05, 4.69) is 211 Å². The zero-order valence-electron chi connectivity index (χ0n) is 34.7. The third-order valence-electron chi connectivity index (χ3n) is 13.2. The average molecular weight is 819 g/mol. The van der Waals surface area contributed by atoms with Crippen molar-refractivity contribution in [1.82, 2.24) is 4.98 Å². The lowest BCUT2D eigenvalue weighted by atomic mass is 9.68. The fourth-order valence-electron chi connectivity index (χ4n) is 10.4. The molecule has 0 atom stereocenters. The van der Waals surface area contributed by atoms with Crippen LogP contribution in [0.5, 0.6) is 0 Å². The smallest absolute Gasteiger partial charge is 0.228 e. The Morgan fingerprint density at radius 2 is 0.953 bits per heavy atom. The van der Waals surface area contributed by atoms with Crippen LogP contribution in [0.25, 0.3) is 77.5 Å². The number of hydrogen-bond acceptors (Lipinski definition) is 4. The number of hydrogen-bond donors (Lipinski definition) is 0. The van der Waals surface area contributed by atoms with E-state index >= 15 is 0 Å². The summed E-state index contributed by atoms with van der Waals surface area (Å²) in [5.41, 5.74) is 16.6. The summed E-state index contributed by atoms with van der Waals surface area (Å²) in [7, 11) is 0. The molecule has 4 nitrogen and oxygen atoms in total. The van der Waals surface area contributed by atoms with Crippen molar-refractivity contribution in [2.45, 2.75) is 5.41 Å². The van der Waals surface area contributed by atoms with Gasteiger partial charge in [-0.15, -0.1) is 0 Å². The van der Waals surface area contributed by atoms with Crippen molar-refractivity contribution in [2.24, 2.45) is 0 Å². The van der Waals surface area contributed by atoms with Crippen LogP contribution < -0.4 is 4.90 Å². The molecule has 0 amide bonds. The topological polar surface area (TPSA) is 42.4 Å². The second-order valence-corrected chi connectivity index (χ2v) is 16.6. The number of furan rings is 1. The van der Waals surface area contributed by atoms with Crippen molar-refractivity contribution in [3.63, 3.8) is 0 Å². The van der Waals surface area contributed by atoms with Crippen LogP contribution in [0.3, 0.4) is 0 Å². The molecule has 1 aliphatic carbocycles. The van der Waals surface area contributed by atoms with Gasteiger partial charge in [0.1, 0.15) is 16.7 Å². The van der Waals surface area contributed by atoms with Crippen molar-refractivity contribution in [3.05, 3.63) is 253 Å². The summed E-state index contributed by atoms with van der Waals surface area (Å²) in [5, 5.41) is 4.24. The number of anilines is 3. The zero-order valence-corrected chi connectivity index (χ0v) is 34.7. The van der Waals surface area contributed by atoms with Crippen LogP contribution in [0.2, 0.25) is 0 Å². The molecule has 0 saturated carbocycles. The van der Waals surface area contributed by atoms with E-state index in [-0.39, 0.29) is 0 Å². The molecule has 64 heavy (non-hydrogen) atoms. The molecule has 0 aliphatic heterocycles. The molecule has 4 heteroatoms. The van der Waals surface area contributed by atoms with Crippen molar-refractivity contribution in [1.29, 1.82) is 0 Å². The molecule has 300 valence electrons. The van der Waals surface area contributed by atoms with Gasteiger partial charge in [0.15, 0.2) is 5.58 Å². The fourth-order valence-corrected chi connectivity index (χ4v) is 10.4. The number of benzene rings is 10. The van der Waals surface area contributed by atoms with E-state index in [9.17, 15) is 0 Å². The van der Waals surface area contributed by atoms with Crippen molar-refractivity contribution >= 4 is 60.9 Å². The minimum atomic E-state index is -0.485. The number of nitrogens with zero attached hydrogens (tertiary/aromatic N) is 2. The second-order valence-electron chi connectivity index (χ2n) is 16.6. The first-order valence-electron chi connectivity index (χ1n) is 21.8. The highest BCUT2D eigenvalue weighted by molar-refractivity contribution is 6.22. The molecule has 0 saturated heterocycles. The van der Waals surface area contributed by atoms with E-state index in [1.807, 2.05) is 24.3 Å². The Kier molecular flexibility index (Phi) is 8.09. The minimum absolute atomic E-state index is 0.485. The number of oxazole rings is 1. The average Bonchev–Trinajstić information content (AvgIpc) is 4.06. The molecule has 2 aromatic heterocycles. The summed E-state index contributed by atoms with van der Waals surface area (Å²) < 4.78 is 13.1. The maximum absolute atomic E-state index is 6.73. The molecule has 0 radical (unpaired) electrons. The lowest BCUT2D eigenvalue weighted by molar-refractivity contribution is 0.620. The number of para-hydroxylation sites is 2. The summed E-state index contributed by atoms with van der Waals surface area (Å²) in [6.07, 6.45) is 0. The van der Waals surface area contributed by atoms with Gasteiger partial charge in [0.2, 0.25) is 5.89 Å². The van der Waals surface area contributed by atoms with Gasteiger partial charge in [-0.1, -0.05) is 170 Å². The molecule has 0 unspecified atom stereocenters. The lowest BCUT2D eigenvalue weighted by Gasteiger charge is -2.34. The Hall–Kier alpha value is -8.47. The van der Waals surface area contributed by atoms with Gasteiger partial charge in [-0.3, -0.25) is 0 Å². The SMILES string of the molecule is c1ccc(-c2ccc(N(c3ccc4c(c3)-c3ccccc3C4(c3ccccc3)c3ccccc3)c3ccc4oc5cc(-c6nc7ccccc7o6)c6ccccc6c5c4c3)cc2)cc1. The van der Waals surface area contributed by atoms with Gasteiger partial charge in [-0.05, 0) is 116 Å². The Morgan fingerprint density at radius 1 is 0.359 bits per heavy atom. The third kappa shape index (κ3) is 5.46. The summed E-state index contributed by atoms with van der Waals surface area (Å²) in [6.45, 7) is 0. The maximum Gasteiger partial charge on any atom is 0.228 e. The van der Waals surface area contributed by atoms with Crippen LogP contribution in [-0.2, 0) is 5.41 Å². The van der Waals surface area contributed by atoms with Gasteiger partial charge in [0.25, 0.3) is 0 Å². The highest BCUT2D eigenvalue weighted by Gasteiger charge is 2.46. The third-order valence-corrected chi connectivity index (χ3v) is 13.2. The first-order chi connectivity index (χ1) is 31.7. The van der Waals surface area contributed by atoms with Crippen LogP contribution in [0.15, 0.2) is 239 Å². The van der Waals surface area contributed by atoms with E-state index < -0.39 is 5.41 Å². The quantitative estimate of drug-likeness (QED) is 0.161. The summed E-state index contributed by atoms with van der Waals surface area (Å²) in [4.78, 5) is 7.28. The molecule has 0 N–H and O–H groups in total. The highest BCUT2D eigenvalue weighted by Crippen LogP contribution is 2.57. The van der Waals surface area contributed by atoms with Gasteiger partial charge in [-0.2, -0.15) is 0 Å². The molecule has 2 heterocycles. The Labute approximate surface area is 369 Å². The van der Waals surface area contributed by atoms with Crippen LogP contribution >= 0.6 is 0 Å². The van der Waals surface area contributed by atoms with E-state index in [1.54, 1.807) is 0 Å². The van der Waals surface area contributed by atoms with Crippen molar-refractivity contribution < 1.29 is 8.83 Å². The van der Waals surface area contributed by atoms with Gasteiger partial charge < -0.3 is 13.7 Å². The highest BCUT2D eigenvalue weighted by atomic mass is 16.3. The normalized spacial score (nSPS) is 12.8. The molecule has 1 aliphatic rings. The zero-order chi connectivity index (χ0) is 42.2. The van der Waals surface area contributed by atoms with E-state index in [4.69, 9.17) is 13.8 Å². The van der Waals surface area contributed by atoms with E-state index in [1.165, 1.54) is 44.5 Å². The van der Waals surface area contributed by atoms with Crippen LogP contribution in [0.1, 0.15) is 22.3 Å². The van der Waals surface area contributed by atoms with Crippen LogP contribution in [0, 0.1) is 0 Å². The maximum atomic E-state index is 6.73. The first-order valence-corrected chi connectivity index (χ1v) is 21.8. The Morgan fingerprint density at radius 3 is 1.72 bits per heavy atom. The molecular weight excluding hydrogens is 781 g/mol. The van der Waals surface area contributed by atoms with Crippen LogP contribution in [0.4, 0.5) is 17.1 Å². The standard InChI is InChI=1S/C60H38N2O2/c1-4-16-39(17-5-1)40-28-30-43(31-29-40)62(44-32-34-53-49(36-44)47-23-12-13-25-52(47)60(53,41-18-6-2-7-19-41)42-20-8-3-9-21-42)45-33-35-55-51(37-45)58-48-24-11-10-22-46(48)50(38-57(58)63-55)59-61-54-26-14-15-27-56(54)64-59/h1-38H. The Balaban J connectivity index is 1.03.